The van der Waals surface area contributed by atoms with Crippen molar-refractivity contribution in [3.05, 3.63) is 45.5 Å². The molecule has 92 valence electrons. The molecule has 1 N–H and O–H groups in total. The Balaban J connectivity index is 1.85. The summed E-state index contributed by atoms with van der Waals surface area (Å²) in [7, 11) is 0. The van der Waals surface area contributed by atoms with Gasteiger partial charge in [-0.3, -0.25) is 0 Å². The lowest BCUT2D eigenvalue weighted by Gasteiger charge is -2.12. The van der Waals surface area contributed by atoms with Gasteiger partial charge < -0.3 is 9.73 Å². The van der Waals surface area contributed by atoms with Crippen molar-refractivity contribution in [2.45, 2.75) is 33.2 Å². The fraction of sp³-hybridized carbons (Fsp3) is 0.429. The number of thiophene rings is 1. The van der Waals surface area contributed by atoms with Crippen LogP contribution in [-0.2, 0) is 6.42 Å². The Morgan fingerprint density at radius 2 is 2.24 bits per heavy atom. The first kappa shape index (κ1) is 12.4. The molecule has 2 aromatic heterocycles. The van der Waals surface area contributed by atoms with Crippen LogP contribution in [0.4, 0.5) is 0 Å². The zero-order valence-corrected chi connectivity index (χ0v) is 11.4. The summed E-state index contributed by atoms with van der Waals surface area (Å²) in [5.41, 5.74) is 1.27. The Hall–Kier alpha value is -1.06. The molecule has 0 saturated carbocycles. The first-order chi connectivity index (χ1) is 8.16. The second-order valence-electron chi connectivity index (χ2n) is 4.37. The van der Waals surface area contributed by atoms with E-state index < -0.39 is 0 Å². The van der Waals surface area contributed by atoms with Gasteiger partial charge in [0.25, 0.3) is 0 Å². The zero-order valence-electron chi connectivity index (χ0n) is 10.6. The molecule has 2 aromatic rings. The van der Waals surface area contributed by atoms with Crippen molar-refractivity contribution in [3.63, 3.8) is 0 Å². The summed E-state index contributed by atoms with van der Waals surface area (Å²) in [5.74, 6) is 2.02. The lowest BCUT2D eigenvalue weighted by Crippen LogP contribution is -2.21. The van der Waals surface area contributed by atoms with E-state index in [0.29, 0.717) is 6.04 Å². The van der Waals surface area contributed by atoms with Crippen molar-refractivity contribution >= 4 is 11.3 Å². The summed E-state index contributed by atoms with van der Waals surface area (Å²) in [6.07, 6.45) is 1.10. The molecule has 3 heteroatoms. The minimum Gasteiger partial charge on any atom is -0.466 e. The predicted molar refractivity (Wildman–Crippen MR) is 72.6 cm³/mol. The summed E-state index contributed by atoms with van der Waals surface area (Å²) in [4.78, 5) is 1.43. The van der Waals surface area contributed by atoms with Crippen LogP contribution in [0.1, 0.15) is 34.9 Å². The maximum atomic E-state index is 5.55. The summed E-state index contributed by atoms with van der Waals surface area (Å²) in [6, 6.07) is 6.77. The van der Waals surface area contributed by atoms with Gasteiger partial charge >= 0.3 is 0 Å². The average Bonchev–Trinajstić information content (AvgIpc) is 2.88. The van der Waals surface area contributed by atoms with Gasteiger partial charge in [-0.05, 0) is 44.7 Å². The van der Waals surface area contributed by atoms with Crippen LogP contribution in [0.3, 0.4) is 0 Å². The molecule has 0 amide bonds. The van der Waals surface area contributed by atoms with Gasteiger partial charge in [0.1, 0.15) is 11.5 Å². The van der Waals surface area contributed by atoms with Gasteiger partial charge in [0, 0.05) is 23.0 Å². The van der Waals surface area contributed by atoms with E-state index in [1.165, 1.54) is 10.4 Å². The highest BCUT2D eigenvalue weighted by atomic mass is 32.1. The van der Waals surface area contributed by atoms with Crippen LogP contribution in [0.5, 0.6) is 0 Å². The molecule has 0 spiro atoms. The molecule has 0 radical (unpaired) electrons. The number of hydrogen-bond donors (Lipinski definition) is 1. The number of aryl methyl sites for hydroxylation is 2. The minimum atomic E-state index is 0.354. The van der Waals surface area contributed by atoms with Gasteiger partial charge in [-0.25, -0.2) is 0 Å². The molecule has 0 fully saturated rings. The third kappa shape index (κ3) is 3.20. The Labute approximate surface area is 107 Å². The number of nitrogens with one attached hydrogen (secondary N) is 1. The fourth-order valence-corrected chi connectivity index (χ4v) is 2.77. The third-order valence-corrected chi connectivity index (χ3v) is 3.88. The largest absolute Gasteiger partial charge is 0.466 e. The van der Waals surface area contributed by atoms with Crippen molar-refractivity contribution in [2.24, 2.45) is 0 Å². The third-order valence-electron chi connectivity index (χ3n) is 2.95. The molecule has 0 aromatic carbocycles. The molecule has 0 saturated heterocycles. The Kier molecular flexibility index (Phi) is 4.02. The molecular formula is C14H19NOS. The maximum Gasteiger partial charge on any atom is 0.105 e. The van der Waals surface area contributed by atoms with Crippen LogP contribution in [0.25, 0.3) is 0 Å². The smallest absolute Gasteiger partial charge is 0.105 e. The molecular weight excluding hydrogens is 230 g/mol. The standard InChI is InChI=1S/C14H19NOS/c1-10-9-14(12(3)16-10)11(2)15-7-6-13-5-4-8-17-13/h4-5,8-9,11,15H,6-7H2,1-3H3. The second-order valence-corrected chi connectivity index (χ2v) is 5.41. The van der Waals surface area contributed by atoms with E-state index in [1.807, 2.05) is 25.2 Å². The molecule has 0 aliphatic carbocycles. The summed E-state index contributed by atoms with van der Waals surface area (Å²) in [5, 5.41) is 5.67. The quantitative estimate of drug-likeness (QED) is 0.870. The first-order valence-electron chi connectivity index (χ1n) is 5.99. The van der Waals surface area contributed by atoms with E-state index in [-0.39, 0.29) is 0 Å². The average molecular weight is 249 g/mol. The van der Waals surface area contributed by atoms with Gasteiger partial charge in [0.2, 0.25) is 0 Å². The predicted octanol–water partition coefficient (Wildman–Crippen LogP) is 3.85. The topological polar surface area (TPSA) is 25.2 Å². The van der Waals surface area contributed by atoms with E-state index in [0.717, 1.165) is 24.5 Å². The van der Waals surface area contributed by atoms with Crippen LogP contribution >= 0.6 is 11.3 Å². The van der Waals surface area contributed by atoms with E-state index in [1.54, 1.807) is 0 Å². The minimum absolute atomic E-state index is 0.354. The molecule has 0 aliphatic heterocycles. The molecule has 0 aliphatic rings. The van der Waals surface area contributed by atoms with Crippen LogP contribution < -0.4 is 5.32 Å². The zero-order chi connectivity index (χ0) is 12.3. The van der Waals surface area contributed by atoms with Crippen LogP contribution in [0.2, 0.25) is 0 Å². The monoisotopic (exact) mass is 249 g/mol. The van der Waals surface area contributed by atoms with Crippen molar-refractivity contribution in [2.75, 3.05) is 6.54 Å². The normalized spacial score (nSPS) is 12.9. The molecule has 17 heavy (non-hydrogen) atoms. The Morgan fingerprint density at radius 3 is 2.82 bits per heavy atom. The fourth-order valence-electron chi connectivity index (χ4n) is 2.06. The highest BCUT2D eigenvalue weighted by Gasteiger charge is 2.11. The van der Waals surface area contributed by atoms with Gasteiger partial charge in [0.05, 0.1) is 0 Å². The van der Waals surface area contributed by atoms with Gasteiger partial charge in [-0.1, -0.05) is 6.07 Å². The van der Waals surface area contributed by atoms with Crippen molar-refractivity contribution in [3.8, 4) is 0 Å². The van der Waals surface area contributed by atoms with Crippen molar-refractivity contribution in [1.82, 2.24) is 5.32 Å². The van der Waals surface area contributed by atoms with E-state index >= 15 is 0 Å². The highest BCUT2D eigenvalue weighted by Crippen LogP contribution is 2.21. The Bertz CT molecular complexity index is 459. The van der Waals surface area contributed by atoms with Gasteiger partial charge in [-0.15, -0.1) is 11.3 Å². The van der Waals surface area contributed by atoms with E-state index in [9.17, 15) is 0 Å². The second kappa shape index (κ2) is 5.52. The number of furan rings is 1. The van der Waals surface area contributed by atoms with E-state index in [2.05, 4.69) is 35.8 Å². The van der Waals surface area contributed by atoms with Crippen LogP contribution in [0, 0.1) is 13.8 Å². The van der Waals surface area contributed by atoms with Gasteiger partial charge in [-0.2, -0.15) is 0 Å². The summed E-state index contributed by atoms with van der Waals surface area (Å²) >= 11 is 1.82. The number of hydrogen-bond acceptors (Lipinski definition) is 3. The molecule has 2 heterocycles. The van der Waals surface area contributed by atoms with Crippen molar-refractivity contribution in [1.29, 1.82) is 0 Å². The SMILES string of the molecule is Cc1cc(C(C)NCCc2cccs2)c(C)o1. The lowest BCUT2D eigenvalue weighted by molar-refractivity contribution is 0.490. The van der Waals surface area contributed by atoms with Crippen LogP contribution in [0.15, 0.2) is 28.0 Å². The number of rotatable bonds is 5. The maximum absolute atomic E-state index is 5.55. The molecule has 2 nitrogen and oxygen atoms in total. The summed E-state index contributed by atoms with van der Waals surface area (Å²) < 4.78 is 5.55. The van der Waals surface area contributed by atoms with Crippen molar-refractivity contribution < 1.29 is 4.42 Å². The summed E-state index contributed by atoms with van der Waals surface area (Å²) in [6.45, 7) is 7.21. The molecule has 0 bridgehead atoms. The molecule has 2 rings (SSSR count). The molecule has 1 atom stereocenters. The highest BCUT2D eigenvalue weighted by molar-refractivity contribution is 7.09. The lowest BCUT2D eigenvalue weighted by atomic mass is 10.1. The molecule has 1 unspecified atom stereocenters. The van der Waals surface area contributed by atoms with Crippen LogP contribution in [-0.4, -0.2) is 6.54 Å². The Morgan fingerprint density at radius 1 is 1.41 bits per heavy atom. The first-order valence-corrected chi connectivity index (χ1v) is 6.87. The van der Waals surface area contributed by atoms with Gasteiger partial charge in [0.15, 0.2) is 0 Å². The van der Waals surface area contributed by atoms with E-state index in [4.69, 9.17) is 4.42 Å².